The summed E-state index contributed by atoms with van der Waals surface area (Å²) in [5.74, 6) is -0.861. The Bertz CT molecular complexity index is 933. The molecule has 2 aromatic rings. The number of nitrogens with zero attached hydrogens (tertiary/aromatic N) is 1. The fourth-order valence-electron chi connectivity index (χ4n) is 2.40. The molecule has 1 N–H and O–H groups in total. The van der Waals surface area contributed by atoms with E-state index in [1.54, 1.807) is 20.2 Å². The number of methoxy groups -OCH3 is 1. The minimum atomic E-state index is -3.04. The average molecular weight is 425 g/mol. The maximum Gasteiger partial charge on any atom is 0.387 e. The molecule has 0 radical (unpaired) electrons. The fraction of sp³-hybridized carbons (Fsp3) is 0.200. The van der Waals surface area contributed by atoms with Crippen LogP contribution in [-0.2, 0) is 4.79 Å². The zero-order chi connectivity index (χ0) is 21.6. The highest BCUT2D eigenvalue weighted by molar-refractivity contribution is 6.34. The van der Waals surface area contributed by atoms with E-state index in [2.05, 4.69) is 10.1 Å². The zero-order valence-corrected chi connectivity index (χ0v) is 16.7. The number of rotatable bonds is 7. The molecular weight excluding hydrogens is 406 g/mol. The smallest absolute Gasteiger partial charge is 0.387 e. The van der Waals surface area contributed by atoms with Crippen LogP contribution in [0.1, 0.15) is 15.9 Å². The van der Waals surface area contributed by atoms with Crippen molar-refractivity contribution in [2.45, 2.75) is 6.61 Å². The highest BCUT2D eigenvalue weighted by Crippen LogP contribution is 2.33. The molecule has 2 rings (SSSR count). The third kappa shape index (κ3) is 5.92. The van der Waals surface area contributed by atoms with Crippen molar-refractivity contribution in [3.8, 4) is 11.5 Å². The Balaban J connectivity index is 2.16. The number of nitrogens with one attached hydrogen (secondary N) is 1. The van der Waals surface area contributed by atoms with Crippen molar-refractivity contribution in [3.05, 3.63) is 58.6 Å². The lowest BCUT2D eigenvalue weighted by Gasteiger charge is -2.13. The summed E-state index contributed by atoms with van der Waals surface area (Å²) in [4.78, 5) is 25.5. The molecule has 6 nitrogen and oxygen atoms in total. The first kappa shape index (κ1) is 22.2. The topological polar surface area (TPSA) is 67.9 Å². The van der Waals surface area contributed by atoms with E-state index in [0.29, 0.717) is 11.3 Å². The van der Waals surface area contributed by atoms with Crippen molar-refractivity contribution in [2.24, 2.45) is 0 Å². The first-order chi connectivity index (χ1) is 13.7. The summed E-state index contributed by atoms with van der Waals surface area (Å²) >= 11 is 6.11. The van der Waals surface area contributed by atoms with E-state index in [0.717, 1.165) is 6.08 Å². The number of anilines is 1. The van der Waals surface area contributed by atoms with Gasteiger partial charge in [-0.05, 0) is 30.3 Å². The maximum absolute atomic E-state index is 12.7. The number of halogens is 3. The Morgan fingerprint density at radius 2 is 1.93 bits per heavy atom. The SMILES string of the molecule is COc1cccc(/C=C/C(=O)Nc2ccc(C(=O)N(C)C)c(Cl)c2)c1OC(F)F. The molecule has 0 aliphatic rings. The molecule has 0 spiro atoms. The number of para-hydroxylation sites is 1. The largest absolute Gasteiger partial charge is 0.493 e. The second-order valence-electron chi connectivity index (χ2n) is 5.97. The number of hydrogen-bond donors (Lipinski definition) is 1. The first-order valence-electron chi connectivity index (χ1n) is 8.35. The minimum Gasteiger partial charge on any atom is -0.493 e. The van der Waals surface area contributed by atoms with Gasteiger partial charge >= 0.3 is 6.61 Å². The molecule has 0 heterocycles. The summed E-state index contributed by atoms with van der Waals surface area (Å²) in [6.45, 7) is -3.04. The standard InChI is InChI=1S/C20H19ClF2N2O4/c1-25(2)19(27)14-9-8-13(11-15(14)21)24-17(26)10-7-12-5-4-6-16(28-3)18(12)29-20(22)23/h4-11,20H,1-3H3,(H,24,26)/b10-7+. The van der Waals surface area contributed by atoms with Gasteiger partial charge in [-0.1, -0.05) is 23.7 Å². The fourth-order valence-corrected chi connectivity index (χ4v) is 2.66. The number of ether oxygens (including phenoxy) is 2. The van der Waals surface area contributed by atoms with Crippen LogP contribution in [0, 0.1) is 0 Å². The molecule has 2 amide bonds. The van der Waals surface area contributed by atoms with Crippen LogP contribution in [0.3, 0.4) is 0 Å². The van der Waals surface area contributed by atoms with Crippen LogP contribution in [0.25, 0.3) is 6.08 Å². The molecule has 2 aromatic carbocycles. The lowest BCUT2D eigenvalue weighted by Crippen LogP contribution is -2.22. The molecule has 9 heteroatoms. The summed E-state index contributed by atoms with van der Waals surface area (Å²) in [6.07, 6.45) is 2.47. The van der Waals surface area contributed by atoms with E-state index in [4.69, 9.17) is 16.3 Å². The zero-order valence-electron chi connectivity index (χ0n) is 15.9. The third-order valence-corrected chi connectivity index (χ3v) is 4.04. The van der Waals surface area contributed by atoms with E-state index in [9.17, 15) is 18.4 Å². The number of carbonyl (C=O) groups is 2. The number of alkyl halides is 2. The second-order valence-corrected chi connectivity index (χ2v) is 6.38. The molecule has 0 bridgehead atoms. The van der Waals surface area contributed by atoms with Crippen LogP contribution in [0.4, 0.5) is 14.5 Å². The van der Waals surface area contributed by atoms with Crippen molar-refractivity contribution in [3.63, 3.8) is 0 Å². The van der Waals surface area contributed by atoms with E-state index >= 15 is 0 Å². The van der Waals surface area contributed by atoms with Gasteiger partial charge in [-0.25, -0.2) is 0 Å². The molecule has 0 saturated heterocycles. The van der Waals surface area contributed by atoms with Crippen LogP contribution in [0.5, 0.6) is 11.5 Å². The monoisotopic (exact) mass is 424 g/mol. The summed E-state index contributed by atoms with van der Waals surface area (Å²) in [5.41, 5.74) is 0.912. The van der Waals surface area contributed by atoms with Crippen molar-refractivity contribution >= 4 is 35.2 Å². The van der Waals surface area contributed by atoms with Crippen molar-refractivity contribution in [2.75, 3.05) is 26.5 Å². The molecule has 29 heavy (non-hydrogen) atoms. The van der Waals surface area contributed by atoms with Crippen molar-refractivity contribution in [1.82, 2.24) is 4.90 Å². The van der Waals surface area contributed by atoms with E-state index in [1.165, 1.54) is 48.4 Å². The van der Waals surface area contributed by atoms with E-state index in [-0.39, 0.29) is 28.0 Å². The summed E-state index contributed by atoms with van der Waals surface area (Å²) in [6, 6.07) is 9.03. The van der Waals surface area contributed by atoms with Crippen LogP contribution in [-0.4, -0.2) is 44.5 Å². The molecule has 0 unspecified atom stereocenters. The van der Waals surface area contributed by atoms with Crippen LogP contribution < -0.4 is 14.8 Å². The maximum atomic E-state index is 12.7. The van der Waals surface area contributed by atoms with Gasteiger partial charge in [-0.2, -0.15) is 8.78 Å². The Labute approximate surface area is 171 Å². The molecule has 0 aliphatic heterocycles. The molecule has 0 aliphatic carbocycles. The molecule has 0 saturated carbocycles. The molecule has 0 aromatic heterocycles. The van der Waals surface area contributed by atoms with Crippen LogP contribution in [0.2, 0.25) is 5.02 Å². The summed E-state index contributed by atoms with van der Waals surface area (Å²) in [7, 11) is 4.52. The Morgan fingerprint density at radius 1 is 1.21 bits per heavy atom. The lowest BCUT2D eigenvalue weighted by atomic mass is 10.1. The second kappa shape index (κ2) is 9.88. The average Bonchev–Trinajstić information content (AvgIpc) is 2.66. The Morgan fingerprint density at radius 3 is 2.52 bits per heavy atom. The van der Waals surface area contributed by atoms with Gasteiger partial charge in [0.1, 0.15) is 0 Å². The number of hydrogen-bond acceptors (Lipinski definition) is 4. The highest BCUT2D eigenvalue weighted by Gasteiger charge is 2.15. The predicted molar refractivity (Wildman–Crippen MR) is 107 cm³/mol. The Hall–Kier alpha value is -3.13. The van der Waals surface area contributed by atoms with Gasteiger partial charge in [0.15, 0.2) is 11.5 Å². The van der Waals surface area contributed by atoms with Gasteiger partial charge in [0.25, 0.3) is 5.91 Å². The summed E-state index contributed by atoms with van der Waals surface area (Å²) < 4.78 is 34.8. The van der Waals surface area contributed by atoms with Crippen LogP contribution in [0.15, 0.2) is 42.5 Å². The minimum absolute atomic E-state index is 0.112. The van der Waals surface area contributed by atoms with Crippen molar-refractivity contribution in [1.29, 1.82) is 0 Å². The molecular formula is C20H19ClF2N2O4. The van der Waals surface area contributed by atoms with Crippen LogP contribution >= 0.6 is 11.6 Å². The van der Waals surface area contributed by atoms with Crippen molar-refractivity contribution < 1.29 is 27.8 Å². The third-order valence-electron chi connectivity index (χ3n) is 3.72. The molecule has 154 valence electrons. The predicted octanol–water partition coefficient (Wildman–Crippen LogP) is 4.30. The number of carbonyl (C=O) groups excluding carboxylic acids is 2. The summed E-state index contributed by atoms with van der Waals surface area (Å²) in [5, 5.41) is 2.77. The van der Waals surface area contributed by atoms with Gasteiger partial charge in [0.2, 0.25) is 5.91 Å². The van der Waals surface area contributed by atoms with E-state index in [1.807, 2.05) is 0 Å². The highest BCUT2D eigenvalue weighted by atomic mass is 35.5. The van der Waals surface area contributed by atoms with Gasteiger partial charge in [0.05, 0.1) is 17.7 Å². The Kier molecular flexibility index (Phi) is 7.55. The van der Waals surface area contributed by atoms with Gasteiger partial charge in [-0.3, -0.25) is 9.59 Å². The quantitative estimate of drug-likeness (QED) is 0.673. The molecule has 0 fully saturated rings. The van der Waals surface area contributed by atoms with Gasteiger partial charge in [0, 0.05) is 31.4 Å². The number of amides is 2. The first-order valence-corrected chi connectivity index (χ1v) is 8.72. The molecule has 0 atom stereocenters. The van der Waals surface area contributed by atoms with Gasteiger partial charge < -0.3 is 19.7 Å². The lowest BCUT2D eigenvalue weighted by molar-refractivity contribution is -0.111. The normalized spacial score (nSPS) is 10.9. The van der Waals surface area contributed by atoms with E-state index < -0.39 is 12.5 Å². The number of benzene rings is 2. The van der Waals surface area contributed by atoms with Gasteiger partial charge in [-0.15, -0.1) is 0 Å².